The SMILES string of the molecule is COc1cccc(NC(=O)c2cnc(NC(C)(C)C)cn2)c1. The fourth-order valence-corrected chi connectivity index (χ4v) is 1.79. The topological polar surface area (TPSA) is 76.1 Å². The van der Waals surface area contributed by atoms with Crippen LogP contribution in [0.25, 0.3) is 0 Å². The number of carbonyl (C=O) groups is 1. The molecule has 0 aliphatic heterocycles. The number of aromatic nitrogens is 2. The van der Waals surface area contributed by atoms with E-state index in [0.717, 1.165) is 0 Å². The van der Waals surface area contributed by atoms with E-state index in [-0.39, 0.29) is 17.1 Å². The van der Waals surface area contributed by atoms with Crippen LogP contribution in [0.2, 0.25) is 0 Å². The van der Waals surface area contributed by atoms with Gasteiger partial charge in [-0.05, 0) is 32.9 Å². The summed E-state index contributed by atoms with van der Waals surface area (Å²) < 4.78 is 5.12. The maximum atomic E-state index is 12.1. The molecule has 0 saturated heterocycles. The van der Waals surface area contributed by atoms with Crippen molar-refractivity contribution in [2.24, 2.45) is 0 Å². The van der Waals surface area contributed by atoms with Gasteiger partial charge in [-0.1, -0.05) is 6.07 Å². The minimum absolute atomic E-state index is 0.112. The summed E-state index contributed by atoms with van der Waals surface area (Å²) in [6.07, 6.45) is 3.00. The van der Waals surface area contributed by atoms with Crippen molar-refractivity contribution in [1.29, 1.82) is 0 Å². The van der Waals surface area contributed by atoms with Crippen molar-refractivity contribution >= 4 is 17.4 Å². The highest BCUT2D eigenvalue weighted by Gasteiger charge is 2.12. The minimum atomic E-state index is -0.317. The van der Waals surface area contributed by atoms with Crippen molar-refractivity contribution in [3.63, 3.8) is 0 Å². The fraction of sp³-hybridized carbons (Fsp3) is 0.312. The largest absolute Gasteiger partial charge is 0.497 e. The highest BCUT2D eigenvalue weighted by molar-refractivity contribution is 6.02. The summed E-state index contributed by atoms with van der Waals surface area (Å²) in [5, 5.41) is 5.95. The lowest BCUT2D eigenvalue weighted by Crippen LogP contribution is -2.27. The first-order valence-electron chi connectivity index (χ1n) is 6.93. The third-order valence-electron chi connectivity index (χ3n) is 2.72. The van der Waals surface area contributed by atoms with E-state index >= 15 is 0 Å². The molecule has 0 aliphatic carbocycles. The number of rotatable bonds is 4. The van der Waals surface area contributed by atoms with Crippen LogP contribution in [-0.4, -0.2) is 28.5 Å². The van der Waals surface area contributed by atoms with Crippen LogP contribution < -0.4 is 15.4 Å². The van der Waals surface area contributed by atoms with Gasteiger partial charge in [0, 0.05) is 17.3 Å². The number of hydrogen-bond donors (Lipinski definition) is 2. The molecule has 2 rings (SSSR count). The Kier molecular flexibility index (Phi) is 4.60. The Labute approximate surface area is 129 Å². The molecule has 116 valence electrons. The van der Waals surface area contributed by atoms with Crippen molar-refractivity contribution in [3.05, 3.63) is 42.4 Å². The van der Waals surface area contributed by atoms with Gasteiger partial charge in [-0.25, -0.2) is 9.97 Å². The second-order valence-corrected chi connectivity index (χ2v) is 5.85. The van der Waals surface area contributed by atoms with Crippen LogP contribution in [0, 0.1) is 0 Å². The Hall–Kier alpha value is -2.63. The Morgan fingerprint density at radius 3 is 2.55 bits per heavy atom. The molecule has 2 N–H and O–H groups in total. The molecule has 22 heavy (non-hydrogen) atoms. The van der Waals surface area contributed by atoms with Gasteiger partial charge in [0.15, 0.2) is 0 Å². The molecule has 6 heteroatoms. The minimum Gasteiger partial charge on any atom is -0.497 e. The molecule has 1 aromatic carbocycles. The van der Waals surface area contributed by atoms with Gasteiger partial charge in [0.25, 0.3) is 5.91 Å². The first kappa shape index (κ1) is 15.8. The van der Waals surface area contributed by atoms with Crippen molar-refractivity contribution in [1.82, 2.24) is 9.97 Å². The molecular weight excluding hydrogens is 280 g/mol. The van der Waals surface area contributed by atoms with Crippen molar-refractivity contribution in [2.45, 2.75) is 26.3 Å². The number of amides is 1. The molecular formula is C16H20N4O2. The molecule has 0 spiro atoms. The Morgan fingerprint density at radius 1 is 1.18 bits per heavy atom. The van der Waals surface area contributed by atoms with Gasteiger partial charge in [0.2, 0.25) is 0 Å². The number of carbonyl (C=O) groups excluding carboxylic acids is 1. The first-order valence-corrected chi connectivity index (χ1v) is 6.93. The number of ether oxygens (including phenoxy) is 1. The molecule has 0 unspecified atom stereocenters. The van der Waals surface area contributed by atoms with Crippen LogP contribution in [0.5, 0.6) is 5.75 Å². The Balaban J connectivity index is 2.06. The maximum Gasteiger partial charge on any atom is 0.275 e. The van der Waals surface area contributed by atoms with Crippen molar-refractivity contribution in [3.8, 4) is 5.75 Å². The molecule has 0 fully saturated rings. The molecule has 0 atom stereocenters. The summed E-state index contributed by atoms with van der Waals surface area (Å²) in [5.41, 5.74) is 0.782. The smallest absolute Gasteiger partial charge is 0.275 e. The zero-order chi connectivity index (χ0) is 16.2. The summed E-state index contributed by atoms with van der Waals surface area (Å²) in [5.74, 6) is 0.988. The molecule has 1 aromatic heterocycles. The quantitative estimate of drug-likeness (QED) is 0.908. The van der Waals surface area contributed by atoms with Gasteiger partial charge < -0.3 is 15.4 Å². The van der Waals surface area contributed by atoms with E-state index in [0.29, 0.717) is 17.3 Å². The standard InChI is InChI=1S/C16H20N4O2/c1-16(2,3)20-14-10-17-13(9-18-14)15(21)19-11-6-5-7-12(8-11)22-4/h5-10H,1-4H3,(H,18,20)(H,19,21). The van der Waals surface area contributed by atoms with Crippen LogP contribution in [0.4, 0.5) is 11.5 Å². The second-order valence-electron chi connectivity index (χ2n) is 5.85. The summed E-state index contributed by atoms with van der Waals surface area (Å²) in [4.78, 5) is 20.5. The van der Waals surface area contributed by atoms with E-state index < -0.39 is 0 Å². The van der Waals surface area contributed by atoms with E-state index in [1.807, 2.05) is 26.8 Å². The third-order valence-corrected chi connectivity index (χ3v) is 2.72. The van der Waals surface area contributed by atoms with Crippen LogP contribution >= 0.6 is 0 Å². The predicted molar refractivity (Wildman–Crippen MR) is 86.4 cm³/mol. The van der Waals surface area contributed by atoms with Crippen LogP contribution in [0.15, 0.2) is 36.7 Å². The number of nitrogens with one attached hydrogen (secondary N) is 2. The molecule has 0 aliphatic rings. The van der Waals surface area contributed by atoms with E-state index in [1.54, 1.807) is 31.5 Å². The lowest BCUT2D eigenvalue weighted by molar-refractivity contribution is 0.102. The van der Waals surface area contributed by atoms with E-state index in [1.165, 1.54) is 6.20 Å². The molecule has 1 heterocycles. The Morgan fingerprint density at radius 2 is 1.95 bits per heavy atom. The summed E-state index contributed by atoms with van der Waals surface area (Å²) in [6, 6.07) is 7.13. The maximum absolute atomic E-state index is 12.1. The lowest BCUT2D eigenvalue weighted by Gasteiger charge is -2.20. The van der Waals surface area contributed by atoms with Gasteiger partial charge in [-0.3, -0.25) is 4.79 Å². The fourth-order valence-electron chi connectivity index (χ4n) is 1.79. The average Bonchev–Trinajstić information content (AvgIpc) is 2.46. The van der Waals surface area contributed by atoms with Crippen molar-refractivity contribution < 1.29 is 9.53 Å². The highest BCUT2D eigenvalue weighted by atomic mass is 16.5. The lowest BCUT2D eigenvalue weighted by atomic mass is 10.1. The molecule has 2 aromatic rings. The van der Waals surface area contributed by atoms with Crippen LogP contribution in [-0.2, 0) is 0 Å². The summed E-state index contributed by atoms with van der Waals surface area (Å²) in [6.45, 7) is 6.08. The molecule has 0 saturated carbocycles. The van der Waals surface area contributed by atoms with Gasteiger partial charge >= 0.3 is 0 Å². The zero-order valence-corrected chi connectivity index (χ0v) is 13.2. The van der Waals surface area contributed by atoms with E-state index in [9.17, 15) is 4.79 Å². The molecule has 0 radical (unpaired) electrons. The molecule has 0 bridgehead atoms. The van der Waals surface area contributed by atoms with Crippen LogP contribution in [0.3, 0.4) is 0 Å². The van der Waals surface area contributed by atoms with Gasteiger partial charge in [0.05, 0.1) is 19.5 Å². The second kappa shape index (κ2) is 6.43. The van der Waals surface area contributed by atoms with Gasteiger partial charge in [0.1, 0.15) is 17.3 Å². The average molecular weight is 300 g/mol. The van der Waals surface area contributed by atoms with E-state index in [2.05, 4.69) is 20.6 Å². The monoisotopic (exact) mass is 300 g/mol. The van der Waals surface area contributed by atoms with Crippen molar-refractivity contribution in [2.75, 3.05) is 17.7 Å². The first-order chi connectivity index (χ1) is 10.4. The Bertz CT molecular complexity index is 648. The zero-order valence-electron chi connectivity index (χ0n) is 13.2. The molecule has 1 amide bonds. The predicted octanol–water partition coefficient (Wildman–Crippen LogP) is 2.95. The summed E-state index contributed by atoms with van der Waals surface area (Å²) >= 11 is 0. The highest BCUT2D eigenvalue weighted by Crippen LogP contribution is 2.17. The van der Waals surface area contributed by atoms with Gasteiger partial charge in [-0.15, -0.1) is 0 Å². The summed E-state index contributed by atoms with van der Waals surface area (Å²) in [7, 11) is 1.58. The van der Waals surface area contributed by atoms with Gasteiger partial charge in [-0.2, -0.15) is 0 Å². The normalized spacial score (nSPS) is 10.9. The number of nitrogens with zero attached hydrogens (tertiary/aromatic N) is 2. The number of methoxy groups -OCH3 is 1. The third kappa shape index (κ3) is 4.44. The van der Waals surface area contributed by atoms with Crippen LogP contribution in [0.1, 0.15) is 31.3 Å². The van der Waals surface area contributed by atoms with E-state index in [4.69, 9.17) is 4.74 Å². The number of hydrogen-bond acceptors (Lipinski definition) is 5. The molecule has 6 nitrogen and oxygen atoms in total. The number of anilines is 2. The number of benzene rings is 1.